The predicted octanol–water partition coefficient (Wildman–Crippen LogP) is 2.37. The summed E-state index contributed by atoms with van der Waals surface area (Å²) in [6, 6.07) is 7.21. The van der Waals surface area contributed by atoms with Crippen LogP contribution in [-0.2, 0) is 0 Å². The van der Waals surface area contributed by atoms with Gasteiger partial charge in [-0.2, -0.15) is 4.98 Å². The van der Waals surface area contributed by atoms with Crippen LogP contribution in [-0.4, -0.2) is 28.2 Å². The Hall–Kier alpha value is -1.66. The molecule has 2 heterocycles. The molecule has 1 aliphatic heterocycles. The van der Waals surface area contributed by atoms with E-state index in [1.807, 2.05) is 12.1 Å². The monoisotopic (exact) mass is 349 g/mol. The lowest BCUT2D eigenvalue weighted by molar-refractivity contribution is 0.420. The lowest BCUT2D eigenvalue weighted by Crippen LogP contribution is -2.28. The highest BCUT2D eigenvalue weighted by atomic mass is 79.9. The van der Waals surface area contributed by atoms with E-state index in [4.69, 9.17) is 0 Å². The first-order chi connectivity index (χ1) is 10.1. The Morgan fingerprint density at radius 3 is 2.48 bits per heavy atom. The molecule has 21 heavy (non-hydrogen) atoms. The first-order valence-corrected chi connectivity index (χ1v) is 7.74. The number of nitrogens with zero attached hydrogens (tertiary/aromatic N) is 1. The highest BCUT2D eigenvalue weighted by Gasteiger charge is 2.20. The molecule has 2 aromatic rings. The molecule has 0 amide bonds. The van der Waals surface area contributed by atoms with Crippen molar-refractivity contribution < 1.29 is 5.11 Å². The van der Waals surface area contributed by atoms with Gasteiger partial charge in [-0.25, -0.2) is 0 Å². The van der Waals surface area contributed by atoms with Gasteiger partial charge in [0.25, 0.3) is 5.56 Å². The maximum absolute atomic E-state index is 12.3. The summed E-state index contributed by atoms with van der Waals surface area (Å²) in [6.45, 7) is 1.81. The Bertz CT molecular complexity index is 691. The van der Waals surface area contributed by atoms with Crippen molar-refractivity contribution in [2.24, 2.45) is 0 Å². The Kier molecular flexibility index (Phi) is 4.07. The standard InChI is InChI=1S/C15H16BrN3O2/c16-11-3-1-9(2-4-11)12-14(20)18-13(19-15(12)21)10-5-7-17-8-6-10/h1-4,10,17H,5-8H2,(H2,18,19,20,21). The molecule has 110 valence electrons. The van der Waals surface area contributed by atoms with Gasteiger partial charge < -0.3 is 15.4 Å². The summed E-state index contributed by atoms with van der Waals surface area (Å²) in [7, 11) is 0. The van der Waals surface area contributed by atoms with Crippen molar-refractivity contribution in [2.75, 3.05) is 13.1 Å². The van der Waals surface area contributed by atoms with Gasteiger partial charge in [0.15, 0.2) is 0 Å². The molecule has 1 saturated heterocycles. The molecule has 0 bridgehead atoms. The Labute approximate surface area is 130 Å². The molecular weight excluding hydrogens is 334 g/mol. The first kappa shape index (κ1) is 14.3. The molecule has 0 spiro atoms. The largest absolute Gasteiger partial charge is 0.493 e. The molecule has 3 N–H and O–H groups in total. The number of aromatic hydroxyl groups is 1. The van der Waals surface area contributed by atoms with E-state index in [0.29, 0.717) is 11.4 Å². The molecule has 1 aromatic heterocycles. The summed E-state index contributed by atoms with van der Waals surface area (Å²) < 4.78 is 0.918. The van der Waals surface area contributed by atoms with Crippen LogP contribution < -0.4 is 10.9 Å². The Morgan fingerprint density at radius 1 is 1.19 bits per heavy atom. The van der Waals surface area contributed by atoms with Crippen LogP contribution >= 0.6 is 15.9 Å². The van der Waals surface area contributed by atoms with E-state index in [1.54, 1.807) is 12.1 Å². The molecular formula is C15H16BrN3O2. The highest BCUT2D eigenvalue weighted by molar-refractivity contribution is 9.10. The summed E-state index contributed by atoms with van der Waals surface area (Å²) in [4.78, 5) is 19.4. The number of aromatic amines is 1. The van der Waals surface area contributed by atoms with E-state index >= 15 is 0 Å². The molecule has 5 nitrogen and oxygen atoms in total. The van der Waals surface area contributed by atoms with Gasteiger partial charge in [-0.15, -0.1) is 0 Å². The third kappa shape index (κ3) is 3.01. The molecule has 0 saturated carbocycles. The summed E-state index contributed by atoms with van der Waals surface area (Å²) in [5.74, 6) is 0.582. The van der Waals surface area contributed by atoms with E-state index in [1.165, 1.54) is 0 Å². The third-order valence-electron chi connectivity index (χ3n) is 3.78. The molecule has 1 fully saturated rings. The van der Waals surface area contributed by atoms with Gasteiger partial charge in [0.05, 0.1) is 0 Å². The minimum atomic E-state index is -0.293. The fourth-order valence-corrected chi connectivity index (χ4v) is 2.91. The van der Waals surface area contributed by atoms with Crippen molar-refractivity contribution in [1.29, 1.82) is 0 Å². The SMILES string of the molecule is O=c1[nH]c(C2CCNCC2)nc(O)c1-c1ccc(Br)cc1. The second kappa shape index (κ2) is 5.99. The summed E-state index contributed by atoms with van der Waals surface area (Å²) in [5.41, 5.74) is 0.583. The minimum absolute atomic E-state index is 0.198. The van der Waals surface area contributed by atoms with Crippen LogP contribution in [0.25, 0.3) is 11.1 Å². The third-order valence-corrected chi connectivity index (χ3v) is 4.31. The van der Waals surface area contributed by atoms with Crippen LogP contribution in [0.3, 0.4) is 0 Å². The number of aromatic nitrogens is 2. The maximum Gasteiger partial charge on any atom is 0.262 e. The van der Waals surface area contributed by atoms with E-state index in [2.05, 4.69) is 31.2 Å². The van der Waals surface area contributed by atoms with E-state index in [9.17, 15) is 9.90 Å². The molecule has 1 aliphatic rings. The predicted molar refractivity (Wildman–Crippen MR) is 84.5 cm³/mol. The van der Waals surface area contributed by atoms with Gasteiger partial charge >= 0.3 is 0 Å². The zero-order chi connectivity index (χ0) is 14.8. The number of hydrogen-bond acceptors (Lipinski definition) is 4. The van der Waals surface area contributed by atoms with Crippen molar-refractivity contribution in [3.8, 4) is 17.0 Å². The van der Waals surface area contributed by atoms with E-state index in [0.717, 1.165) is 30.4 Å². The Morgan fingerprint density at radius 2 is 1.86 bits per heavy atom. The van der Waals surface area contributed by atoms with E-state index < -0.39 is 0 Å². The van der Waals surface area contributed by atoms with Crippen molar-refractivity contribution in [3.05, 3.63) is 44.9 Å². The fraction of sp³-hybridized carbons (Fsp3) is 0.333. The first-order valence-electron chi connectivity index (χ1n) is 6.95. The fourth-order valence-electron chi connectivity index (χ4n) is 2.64. The normalized spacial score (nSPS) is 16.0. The summed E-state index contributed by atoms with van der Waals surface area (Å²) >= 11 is 3.35. The van der Waals surface area contributed by atoms with Crippen LogP contribution in [0.1, 0.15) is 24.6 Å². The number of hydrogen-bond donors (Lipinski definition) is 3. The zero-order valence-corrected chi connectivity index (χ0v) is 13.0. The number of rotatable bonds is 2. The number of benzene rings is 1. The molecule has 0 atom stereocenters. The molecule has 0 aliphatic carbocycles. The van der Waals surface area contributed by atoms with Crippen molar-refractivity contribution in [2.45, 2.75) is 18.8 Å². The Balaban J connectivity index is 2.00. The van der Waals surface area contributed by atoms with Gasteiger partial charge in [0.2, 0.25) is 5.88 Å². The summed E-state index contributed by atoms with van der Waals surface area (Å²) in [6.07, 6.45) is 1.83. The van der Waals surface area contributed by atoms with Crippen molar-refractivity contribution in [3.63, 3.8) is 0 Å². The molecule has 0 radical (unpaired) electrons. The van der Waals surface area contributed by atoms with Gasteiger partial charge in [-0.1, -0.05) is 28.1 Å². The molecule has 0 unspecified atom stereocenters. The lowest BCUT2D eigenvalue weighted by atomic mass is 9.97. The van der Waals surface area contributed by atoms with Crippen LogP contribution in [0.5, 0.6) is 5.88 Å². The second-order valence-corrected chi connectivity index (χ2v) is 6.10. The topological polar surface area (TPSA) is 78.0 Å². The average Bonchev–Trinajstić information content (AvgIpc) is 2.49. The maximum atomic E-state index is 12.3. The number of piperidine rings is 1. The lowest BCUT2D eigenvalue weighted by Gasteiger charge is -2.21. The van der Waals surface area contributed by atoms with Crippen LogP contribution in [0.2, 0.25) is 0 Å². The smallest absolute Gasteiger partial charge is 0.262 e. The van der Waals surface area contributed by atoms with Crippen LogP contribution in [0, 0.1) is 0 Å². The van der Waals surface area contributed by atoms with Gasteiger partial charge in [0, 0.05) is 10.4 Å². The quantitative estimate of drug-likeness (QED) is 0.777. The second-order valence-electron chi connectivity index (χ2n) is 5.18. The zero-order valence-electron chi connectivity index (χ0n) is 11.4. The highest BCUT2D eigenvalue weighted by Crippen LogP contribution is 2.28. The van der Waals surface area contributed by atoms with Gasteiger partial charge in [-0.3, -0.25) is 4.79 Å². The molecule has 6 heteroatoms. The van der Waals surface area contributed by atoms with Crippen LogP contribution in [0.15, 0.2) is 33.5 Å². The molecule has 3 rings (SSSR count). The summed E-state index contributed by atoms with van der Waals surface area (Å²) in [5, 5.41) is 13.4. The van der Waals surface area contributed by atoms with Gasteiger partial charge in [0.1, 0.15) is 11.4 Å². The number of nitrogens with one attached hydrogen (secondary N) is 2. The number of H-pyrrole nitrogens is 1. The van der Waals surface area contributed by atoms with Gasteiger partial charge in [-0.05, 0) is 43.6 Å². The average molecular weight is 350 g/mol. The number of halogens is 1. The van der Waals surface area contributed by atoms with Crippen LogP contribution in [0.4, 0.5) is 0 Å². The van der Waals surface area contributed by atoms with Crippen molar-refractivity contribution >= 4 is 15.9 Å². The van der Waals surface area contributed by atoms with E-state index in [-0.39, 0.29) is 22.9 Å². The van der Waals surface area contributed by atoms with Crippen molar-refractivity contribution in [1.82, 2.24) is 15.3 Å². The minimum Gasteiger partial charge on any atom is -0.493 e. The molecule has 1 aromatic carbocycles.